The molecular formula is C19H16O3. The highest BCUT2D eigenvalue weighted by Crippen LogP contribution is 2.24. The smallest absolute Gasteiger partial charge is 0.193 e. The molecule has 3 heteroatoms. The van der Waals surface area contributed by atoms with Gasteiger partial charge in [0.2, 0.25) is 0 Å². The van der Waals surface area contributed by atoms with Gasteiger partial charge in [-0.1, -0.05) is 36.4 Å². The number of rotatable bonds is 5. The van der Waals surface area contributed by atoms with Gasteiger partial charge < -0.3 is 9.15 Å². The minimum atomic E-state index is -0.0747. The predicted octanol–water partition coefficient (Wildman–Crippen LogP) is 4.41. The Kier molecular flexibility index (Phi) is 4.05. The molecule has 0 saturated carbocycles. The van der Waals surface area contributed by atoms with E-state index in [0.717, 1.165) is 12.0 Å². The highest BCUT2D eigenvalue weighted by molar-refractivity contribution is 5.80. The summed E-state index contributed by atoms with van der Waals surface area (Å²) in [6.45, 7) is 4.19. The van der Waals surface area contributed by atoms with Gasteiger partial charge >= 0.3 is 0 Å². The number of benzene rings is 2. The molecular weight excluding hydrogens is 276 g/mol. The van der Waals surface area contributed by atoms with Crippen molar-refractivity contribution in [3.8, 4) is 17.1 Å². The summed E-state index contributed by atoms with van der Waals surface area (Å²) in [6.07, 6.45) is 2.56. The van der Waals surface area contributed by atoms with E-state index in [1.807, 2.05) is 36.4 Å². The van der Waals surface area contributed by atoms with Gasteiger partial charge in [0.05, 0.1) is 12.0 Å². The number of hydrogen-bond acceptors (Lipinski definition) is 3. The maximum atomic E-state index is 12.3. The lowest BCUT2D eigenvalue weighted by Crippen LogP contribution is -2.02. The van der Waals surface area contributed by atoms with Crippen molar-refractivity contribution in [2.45, 2.75) is 6.42 Å². The van der Waals surface area contributed by atoms with Gasteiger partial charge in [-0.3, -0.25) is 4.79 Å². The molecule has 0 radical (unpaired) electrons. The minimum Gasteiger partial charge on any atom is -0.493 e. The standard InChI is InChI=1S/C19H16O3/c1-2-3-11-21-15-9-10-18-16(12-15)17(20)13-19(22-18)14-7-5-4-6-8-14/h2,4-10,12-13H,1,3,11H2. The molecule has 0 aliphatic heterocycles. The molecule has 22 heavy (non-hydrogen) atoms. The summed E-state index contributed by atoms with van der Waals surface area (Å²) in [4.78, 5) is 12.3. The Morgan fingerprint density at radius 1 is 1.09 bits per heavy atom. The maximum absolute atomic E-state index is 12.3. The highest BCUT2D eigenvalue weighted by Gasteiger charge is 2.08. The molecule has 3 rings (SSSR count). The Bertz CT molecular complexity index is 847. The second-order valence-corrected chi connectivity index (χ2v) is 4.92. The summed E-state index contributed by atoms with van der Waals surface area (Å²) in [6, 6.07) is 16.4. The fraction of sp³-hybridized carbons (Fsp3) is 0.105. The zero-order valence-corrected chi connectivity index (χ0v) is 12.1. The Balaban J connectivity index is 2.00. The Morgan fingerprint density at radius 3 is 2.68 bits per heavy atom. The fourth-order valence-electron chi connectivity index (χ4n) is 2.23. The molecule has 2 aromatic carbocycles. The van der Waals surface area contributed by atoms with Crippen LogP contribution in [0.3, 0.4) is 0 Å². The van der Waals surface area contributed by atoms with Crippen molar-refractivity contribution in [3.63, 3.8) is 0 Å². The maximum Gasteiger partial charge on any atom is 0.193 e. The Morgan fingerprint density at radius 2 is 1.91 bits per heavy atom. The van der Waals surface area contributed by atoms with Gasteiger partial charge in [0.1, 0.15) is 17.1 Å². The average Bonchev–Trinajstić information content (AvgIpc) is 2.56. The Labute approximate surface area is 128 Å². The van der Waals surface area contributed by atoms with Gasteiger partial charge in [0.15, 0.2) is 5.43 Å². The van der Waals surface area contributed by atoms with Gasteiger partial charge in [-0.15, -0.1) is 6.58 Å². The lowest BCUT2D eigenvalue weighted by atomic mass is 10.1. The van der Waals surface area contributed by atoms with Crippen LogP contribution in [0.4, 0.5) is 0 Å². The average molecular weight is 292 g/mol. The van der Waals surface area contributed by atoms with Crippen LogP contribution in [0.25, 0.3) is 22.3 Å². The summed E-state index contributed by atoms with van der Waals surface area (Å²) in [5.41, 5.74) is 1.37. The molecule has 0 saturated heterocycles. The SMILES string of the molecule is C=CCCOc1ccc2oc(-c3ccccc3)cc(=O)c2c1. The van der Waals surface area contributed by atoms with Crippen LogP contribution in [0.2, 0.25) is 0 Å². The number of hydrogen-bond donors (Lipinski definition) is 0. The number of ether oxygens (including phenoxy) is 1. The molecule has 110 valence electrons. The van der Waals surface area contributed by atoms with Crippen LogP contribution in [-0.2, 0) is 0 Å². The molecule has 0 atom stereocenters. The third kappa shape index (κ3) is 2.93. The summed E-state index contributed by atoms with van der Waals surface area (Å²) < 4.78 is 11.4. The monoisotopic (exact) mass is 292 g/mol. The summed E-state index contributed by atoms with van der Waals surface area (Å²) in [7, 11) is 0. The third-order valence-electron chi connectivity index (χ3n) is 3.35. The van der Waals surface area contributed by atoms with Crippen molar-refractivity contribution >= 4 is 11.0 Å². The molecule has 0 aliphatic carbocycles. The van der Waals surface area contributed by atoms with Crippen molar-refractivity contribution in [1.82, 2.24) is 0 Å². The van der Waals surface area contributed by atoms with Crippen LogP contribution in [-0.4, -0.2) is 6.61 Å². The van der Waals surface area contributed by atoms with Crippen molar-refractivity contribution in [2.24, 2.45) is 0 Å². The molecule has 0 aliphatic rings. The zero-order valence-electron chi connectivity index (χ0n) is 12.1. The first-order valence-electron chi connectivity index (χ1n) is 7.15. The molecule has 0 N–H and O–H groups in total. The molecule has 0 fully saturated rings. The van der Waals surface area contributed by atoms with E-state index in [-0.39, 0.29) is 5.43 Å². The van der Waals surface area contributed by atoms with Gasteiger partial charge in [0, 0.05) is 11.6 Å². The van der Waals surface area contributed by atoms with Crippen LogP contribution in [0.5, 0.6) is 5.75 Å². The van der Waals surface area contributed by atoms with E-state index in [1.54, 1.807) is 18.2 Å². The zero-order chi connectivity index (χ0) is 15.4. The van der Waals surface area contributed by atoms with E-state index >= 15 is 0 Å². The highest BCUT2D eigenvalue weighted by atomic mass is 16.5. The first-order valence-corrected chi connectivity index (χ1v) is 7.15. The van der Waals surface area contributed by atoms with E-state index in [1.165, 1.54) is 6.07 Å². The normalized spacial score (nSPS) is 10.5. The van der Waals surface area contributed by atoms with Gasteiger partial charge in [0.25, 0.3) is 0 Å². The van der Waals surface area contributed by atoms with Crippen molar-refractivity contribution in [1.29, 1.82) is 0 Å². The first-order chi connectivity index (χ1) is 10.8. The van der Waals surface area contributed by atoms with E-state index in [2.05, 4.69) is 6.58 Å². The second-order valence-electron chi connectivity index (χ2n) is 4.92. The van der Waals surface area contributed by atoms with Crippen LogP contribution in [0.1, 0.15) is 6.42 Å². The summed E-state index contributed by atoms with van der Waals surface area (Å²) in [5.74, 6) is 1.23. The molecule has 1 heterocycles. The third-order valence-corrected chi connectivity index (χ3v) is 3.35. The second kappa shape index (κ2) is 6.31. The predicted molar refractivity (Wildman–Crippen MR) is 88.2 cm³/mol. The molecule has 3 aromatic rings. The largest absolute Gasteiger partial charge is 0.493 e. The van der Waals surface area contributed by atoms with Crippen LogP contribution in [0.15, 0.2) is 76.5 Å². The topological polar surface area (TPSA) is 39.4 Å². The van der Waals surface area contributed by atoms with E-state index < -0.39 is 0 Å². The summed E-state index contributed by atoms with van der Waals surface area (Å²) >= 11 is 0. The van der Waals surface area contributed by atoms with Crippen LogP contribution in [0, 0.1) is 0 Å². The van der Waals surface area contributed by atoms with Crippen molar-refractivity contribution in [3.05, 3.63) is 77.5 Å². The minimum absolute atomic E-state index is 0.0747. The Hall–Kier alpha value is -2.81. The fourth-order valence-corrected chi connectivity index (χ4v) is 2.23. The molecule has 3 nitrogen and oxygen atoms in total. The molecule has 0 unspecified atom stereocenters. The van der Waals surface area contributed by atoms with Gasteiger partial charge in [-0.25, -0.2) is 0 Å². The van der Waals surface area contributed by atoms with Crippen molar-refractivity contribution in [2.75, 3.05) is 6.61 Å². The molecule has 0 spiro atoms. The summed E-state index contributed by atoms with van der Waals surface area (Å²) in [5, 5.41) is 0.524. The van der Waals surface area contributed by atoms with Crippen LogP contribution >= 0.6 is 0 Å². The van der Waals surface area contributed by atoms with E-state index in [4.69, 9.17) is 9.15 Å². The van der Waals surface area contributed by atoms with E-state index in [0.29, 0.717) is 29.1 Å². The molecule has 0 amide bonds. The lowest BCUT2D eigenvalue weighted by Gasteiger charge is -2.07. The van der Waals surface area contributed by atoms with Gasteiger partial charge in [-0.2, -0.15) is 0 Å². The van der Waals surface area contributed by atoms with Crippen LogP contribution < -0.4 is 10.2 Å². The molecule has 0 bridgehead atoms. The first kappa shape index (κ1) is 14.1. The van der Waals surface area contributed by atoms with E-state index in [9.17, 15) is 4.79 Å². The number of fused-ring (bicyclic) bond motifs is 1. The lowest BCUT2D eigenvalue weighted by molar-refractivity contribution is 0.325. The quantitative estimate of drug-likeness (QED) is 0.516. The van der Waals surface area contributed by atoms with Gasteiger partial charge in [-0.05, 0) is 24.6 Å². The van der Waals surface area contributed by atoms with Crippen molar-refractivity contribution < 1.29 is 9.15 Å². The molecule has 1 aromatic heterocycles.